The Bertz CT molecular complexity index is 106. The van der Waals surface area contributed by atoms with Gasteiger partial charge in [0, 0.05) is 19.8 Å². The molecule has 0 amide bonds. The number of hydrogen-bond acceptors (Lipinski definition) is 2. The van der Waals surface area contributed by atoms with E-state index in [9.17, 15) is 0 Å². The Hall–Kier alpha value is -0.0800. The first-order valence-electron chi connectivity index (χ1n) is 6.01. The average Bonchev–Trinajstić information content (AvgIpc) is 2.21. The lowest BCUT2D eigenvalue weighted by molar-refractivity contribution is 0.191. The molecule has 0 fully saturated rings. The van der Waals surface area contributed by atoms with E-state index in [4.69, 9.17) is 4.74 Å². The minimum absolute atomic E-state index is 0.738. The lowest BCUT2D eigenvalue weighted by Gasteiger charge is -2.14. The van der Waals surface area contributed by atoms with Crippen LogP contribution in [0.2, 0.25) is 0 Å². The SMILES string of the molecule is CCCC(CCCCCCOC)NC. The van der Waals surface area contributed by atoms with Gasteiger partial charge in [0.25, 0.3) is 0 Å². The van der Waals surface area contributed by atoms with Crippen molar-refractivity contribution in [2.75, 3.05) is 20.8 Å². The molecule has 0 aromatic heterocycles. The van der Waals surface area contributed by atoms with Crippen LogP contribution < -0.4 is 5.32 Å². The monoisotopic (exact) mass is 201 g/mol. The van der Waals surface area contributed by atoms with E-state index < -0.39 is 0 Å². The van der Waals surface area contributed by atoms with Gasteiger partial charge in [-0.1, -0.05) is 32.6 Å². The van der Waals surface area contributed by atoms with Crippen LogP contribution in [0, 0.1) is 0 Å². The van der Waals surface area contributed by atoms with E-state index in [1.165, 1.54) is 44.9 Å². The van der Waals surface area contributed by atoms with Crippen molar-refractivity contribution < 1.29 is 4.74 Å². The summed E-state index contributed by atoms with van der Waals surface area (Å²) in [6.07, 6.45) is 9.17. The predicted octanol–water partition coefficient (Wildman–Crippen LogP) is 2.97. The molecule has 1 atom stereocenters. The lowest BCUT2D eigenvalue weighted by Crippen LogP contribution is -2.24. The summed E-state index contributed by atoms with van der Waals surface area (Å²) in [5.41, 5.74) is 0. The molecule has 0 aliphatic heterocycles. The van der Waals surface area contributed by atoms with E-state index in [2.05, 4.69) is 19.3 Å². The number of methoxy groups -OCH3 is 1. The van der Waals surface area contributed by atoms with Gasteiger partial charge in [0.1, 0.15) is 0 Å². The average molecular weight is 201 g/mol. The second-order valence-electron chi connectivity index (χ2n) is 3.97. The number of rotatable bonds is 10. The van der Waals surface area contributed by atoms with Crippen molar-refractivity contribution in [1.29, 1.82) is 0 Å². The zero-order valence-electron chi connectivity index (χ0n) is 10.1. The summed E-state index contributed by atoms with van der Waals surface area (Å²) in [6.45, 7) is 3.17. The molecule has 0 bridgehead atoms. The van der Waals surface area contributed by atoms with Crippen LogP contribution in [0.1, 0.15) is 51.9 Å². The van der Waals surface area contributed by atoms with Gasteiger partial charge in [0.05, 0.1) is 0 Å². The third-order valence-electron chi connectivity index (χ3n) is 2.70. The number of unbranched alkanes of at least 4 members (excludes halogenated alkanes) is 3. The first-order valence-corrected chi connectivity index (χ1v) is 6.01. The third-order valence-corrected chi connectivity index (χ3v) is 2.70. The van der Waals surface area contributed by atoms with Crippen LogP contribution in [0.5, 0.6) is 0 Å². The molecule has 0 spiro atoms. The molecule has 14 heavy (non-hydrogen) atoms. The van der Waals surface area contributed by atoms with E-state index in [0.717, 1.165) is 12.6 Å². The van der Waals surface area contributed by atoms with Crippen molar-refractivity contribution >= 4 is 0 Å². The standard InChI is InChI=1S/C12H27NO/c1-4-9-12(13-2)10-7-5-6-8-11-14-3/h12-13H,4-11H2,1-3H3. The quantitative estimate of drug-likeness (QED) is 0.549. The van der Waals surface area contributed by atoms with Crippen LogP contribution in [-0.2, 0) is 4.74 Å². The van der Waals surface area contributed by atoms with E-state index in [0.29, 0.717) is 0 Å². The van der Waals surface area contributed by atoms with Gasteiger partial charge in [-0.15, -0.1) is 0 Å². The Morgan fingerprint density at radius 3 is 2.36 bits per heavy atom. The van der Waals surface area contributed by atoms with Crippen LogP contribution in [0.4, 0.5) is 0 Å². The Balaban J connectivity index is 3.15. The molecule has 2 heteroatoms. The zero-order chi connectivity index (χ0) is 10.6. The zero-order valence-corrected chi connectivity index (χ0v) is 10.1. The van der Waals surface area contributed by atoms with Crippen molar-refractivity contribution in [2.24, 2.45) is 0 Å². The van der Waals surface area contributed by atoms with Crippen molar-refractivity contribution in [2.45, 2.75) is 57.9 Å². The Morgan fingerprint density at radius 1 is 1.07 bits per heavy atom. The van der Waals surface area contributed by atoms with E-state index in [1.807, 2.05) is 0 Å². The molecule has 0 aromatic carbocycles. The maximum Gasteiger partial charge on any atom is 0.0462 e. The highest BCUT2D eigenvalue weighted by molar-refractivity contribution is 4.63. The Kier molecular flexibility index (Phi) is 10.9. The Morgan fingerprint density at radius 2 is 1.79 bits per heavy atom. The van der Waals surface area contributed by atoms with Gasteiger partial charge in [-0.3, -0.25) is 0 Å². The maximum atomic E-state index is 5.02. The molecule has 86 valence electrons. The summed E-state index contributed by atoms with van der Waals surface area (Å²) in [6, 6.07) is 0.738. The molecule has 0 aliphatic carbocycles. The molecule has 0 radical (unpaired) electrons. The molecular weight excluding hydrogens is 174 g/mol. The van der Waals surface area contributed by atoms with E-state index >= 15 is 0 Å². The van der Waals surface area contributed by atoms with E-state index in [1.54, 1.807) is 7.11 Å². The second-order valence-corrected chi connectivity index (χ2v) is 3.97. The summed E-state index contributed by atoms with van der Waals surface area (Å²) in [7, 11) is 3.85. The van der Waals surface area contributed by atoms with Crippen LogP contribution in [0.15, 0.2) is 0 Å². The topological polar surface area (TPSA) is 21.3 Å². The molecule has 0 aliphatic rings. The number of nitrogens with one attached hydrogen (secondary N) is 1. The summed E-state index contributed by atoms with van der Waals surface area (Å²) in [5, 5.41) is 3.38. The summed E-state index contributed by atoms with van der Waals surface area (Å²) < 4.78 is 5.02. The number of ether oxygens (including phenoxy) is 1. The molecule has 1 unspecified atom stereocenters. The van der Waals surface area contributed by atoms with Crippen molar-refractivity contribution in [3.05, 3.63) is 0 Å². The van der Waals surface area contributed by atoms with Crippen LogP contribution in [0.25, 0.3) is 0 Å². The van der Waals surface area contributed by atoms with Gasteiger partial charge in [-0.25, -0.2) is 0 Å². The molecule has 0 saturated heterocycles. The number of hydrogen-bond donors (Lipinski definition) is 1. The second kappa shape index (κ2) is 11.0. The van der Waals surface area contributed by atoms with Gasteiger partial charge in [-0.2, -0.15) is 0 Å². The fourth-order valence-electron chi connectivity index (χ4n) is 1.77. The highest BCUT2D eigenvalue weighted by Gasteiger charge is 2.03. The third kappa shape index (κ3) is 8.52. The van der Waals surface area contributed by atoms with Crippen molar-refractivity contribution in [1.82, 2.24) is 5.32 Å². The summed E-state index contributed by atoms with van der Waals surface area (Å²) in [4.78, 5) is 0. The fraction of sp³-hybridized carbons (Fsp3) is 1.00. The predicted molar refractivity (Wildman–Crippen MR) is 62.7 cm³/mol. The van der Waals surface area contributed by atoms with Gasteiger partial charge in [0.15, 0.2) is 0 Å². The molecule has 1 N–H and O–H groups in total. The highest BCUT2D eigenvalue weighted by Crippen LogP contribution is 2.09. The minimum atomic E-state index is 0.738. The lowest BCUT2D eigenvalue weighted by atomic mass is 10.0. The largest absolute Gasteiger partial charge is 0.385 e. The van der Waals surface area contributed by atoms with Crippen molar-refractivity contribution in [3.63, 3.8) is 0 Å². The van der Waals surface area contributed by atoms with Crippen LogP contribution >= 0.6 is 0 Å². The molecule has 0 heterocycles. The van der Waals surface area contributed by atoms with E-state index in [-0.39, 0.29) is 0 Å². The van der Waals surface area contributed by atoms with Crippen LogP contribution in [-0.4, -0.2) is 26.8 Å². The maximum absolute atomic E-state index is 5.02. The smallest absolute Gasteiger partial charge is 0.0462 e. The summed E-state index contributed by atoms with van der Waals surface area (Å²) >= 11 is 0. The van der Waals surface area contributed by atoms with Crippen LogP contribution in [0.3, 0.4) is 0 Å². The summed E-state index contributed by atoms with van der Waals surface area (Å²) in [5.74, 6) is 0. The minimum Gasteiger partial charge on any atom is -0.385 e. The Labute approximate surface area is 89.4 Å². The van der Waals surface area contributed by atoms with Gasteiger partial charge >= 0.3 is 0 Å². The molecule has 0 rings (SSSR count). The van der Waals surface area contributed by atoms with Gasteiger partial charge in [-0.05, 0) is 26.3 Å². The first kappa shape index (κ1) is 13.9. The molecule has 0 aromatic rings. The molecular formula is C12H27NO. The van der Waals surface area contributed by atoms with Crippen molar-refractivity contribution in [3.8, 4) is 0 Å². The fourth-order valence-corrected chi connectivity index (χ4v) is 1.77. The normalized spacial score (nSPS) is 13.1. The first-order chi connectivity index (χ1) is 6.85. The molecule has 0 saturated carbocycles. The van der Waals surface area contributed by atoms with Gasteiger partial charge in [0.2, 0.25) is 0 Å². The highest BCUT2D eigenvalue weighted by atomic mass is 16.5. The van der Waals surface area contributed by atoms with Gasteiger partial charge < -0.3 is 10.1 Å². The molecule has 2 nitrogen and oxygen atoms in total.